The molecule has 7 heteroatoms. The third kappa shape index (κ3) is 3.03. The van der Waals surface area contributed by atoms with E-state index in [-0.39, 0.29) is 0 Å². The van der Waals surface area contributed by atoms with Gasteiger partial charge in [-0.3, -0.25) is 0 Å². The Morgan fingerprint density at radius 2 is 1.64 bits per heavy atom. The van der Waals surface area contributed by atoms with Crippen LogP contribution in [0.5, 0.6) is 0 Å². The normalized spacial score (nSPS) is 16.4. The van der Waals surface area contributed by atoms with E-state index in [9.17, 15) is 8.42 Å². The summed E-state index contributed by atoms with van der Waals surface area (Å²) in [4.78, 5) is 2.55. The van der Waals surface area contributed by atoms with Gasteiger partial charge in [-0.2, -0.15) is 8.68 Å². The molecule has 2 heterocycles. The van der Waals surface area contributed by atoms with E-state index in [1.165, 1.54) is 11.5 Å². The van der Waals surface area contributed by atoms with Gasteiger partial charge in [-0.15, -0.1) is 0 Å². The second-order valence-corrected chi connectivity index (χ2v) is 8.95. The Balaban J connectivity index is 1.52. The first kappa shape index (κ1) is 16.5. The molecule has 25 heavy (non-hydrogen) atoms. The molecule has 0 unspecified atom stereocenters. The van der Waals surface area contributed by atoms with Gasteiger partial charge < -0.3 is 4.90 Å². The van der Waals surface area contributed by atoms with Crippen LogP contribution in [-0.2, 0) is 10.0 Å². The number of hydrogen-bond acceptors (Lipinski definition) is 5. The van der Waals surface area contributed by atoms with Crippen molar-refractivity contribution in [3.63, 3.8) is 0 Å². The van der Waals surface area contributed by atoms with Crippen molar-refractivity contribution in [1.29, 1.82) is 0 Å². The van der Waals surface area contributed by atoms with Crippen LogP contribution in [0.1, 0.15) is 5.56 Å². The zero-order valence-corrected chi connectivity index (χ0v) is 15.6. The summed E-state index contributed by atoms with van der Waals surface area (Å²) in [6, 6.07) is 15.2. The lowest BCUT2D eigenvalue weighted by atomic mass is 10.2. The largest absolute Gasteiger partial charge is 0.353 e. The van der Waals surface area contributed by atoms with Crippen molar-refractivity contribution in [3.8, 4) is 0 Å². The molecule has 4 rings (SSSR count). The zero-order valence-electron chi connectivity index (χ0n) is 13.9. The first-order valence-corrected chi connectivity index (χ1v) is 10.4. The highest BCUT2D eigenvalue weighted by molar-refractivity contribution is 7.89. The molecular weight excluding hydrogens is 354 g/mol. The van der Waals surface area contributed by atoms with Crippen LogP contribution in [0.15, 0.2) is 53.4 Å². The number of hydrogen-bond donors (Lipinski definition) is 0. The number of fused-ring (bicyclic) bond motifs is 1. The molecule has 0 N–H and O–H groups in total. The highest BCUT2D eigenvalue weighted by atomic mass is 32.2. The molecule has 0 atom stereocenters. The molecule has 0 radical (unpaired) electrons. The molecule has 1 fully saturated rings. The smallest absolute Gasteiger partial charge is 0.243 e. The second kappa shape index (κ2) is 6.40. The van der Waals surface area contributed by atoms with Crippen LogP contribution in [0.25, 0.3) is 10.1 Å². The minimum atomic E-state index is -3.42. The van der Waals surface area contributed by atoms with Crippen LogP contribution in [0.4, 0.5) is 5.82 Å². The van der Waals surface area contributed by atoms with Crippen LogP contribution in [0.3, 0.4) is 0 Å². The Bertz CT molecular complexity index is 989. The molecule has 1 aromatic heterocycles. The van der Waals surface area contributed by atoms with Gasteiger partial charge in [0.1, 0.15) is 5.82 Å². The number of benzene rings is 2. The summed E-state index contributed by atoms with van der Waals surface area (Å²) in [5.41, 5.74) is 1.05. The summed E-state index contributed by atoms with van der Waals surface area (Å²) in [5.74, 6) is 0.966. The van der Waals surface area contributed by atoms with E-state index < -0.39 is 10.0 Å². The highest BCUT2D eigenvalue weighted by Gasteiger charge is 2.29. The molecule has 5 nitrogen and oxygen atoms in total. The fourth-order valence-electron chi connectivity index (χ4n) is 3.10. The number of aromatic nitrogens is 1. The lowest BCUT2D eigenvalue weighted by Crippen LogP contribution is -2.48. The molecule has 0 spiro atoms. The minimum absolute atomic E-state index is 0.366. The molecular formula is C18H19N3O2S2. The van der Waals surface area contributed by atoms with Crippen molar-refractivity contribution in [2.24, 2.45) is 0 Å². The summed E-state index contributed by atoms with van der Waals surface area (Å²) in [5, 5.41) is 1.14. The Morgan fingerprint density at radius 1 is 0.960 bits per heavy atom. The van der Waals surface area contributed by atoms with Gasteiger partial charge >= 0.3 is 0 Å². The zero-order chi connectivity index (χ0) is 17.4. The van der Waals surface area contributed by atoms with E-state index in [2.05, 4.69) is 21.4 Å². The van der Waals surface area contributed by atoms with Gasteiger partial charge in [0, 0.05) is 31.6 Å². The molecule has 0 amide bonds. The fourth-order valence-corrected chi connectivity index (χ4v) is 5.32. The summed E-state index contributed by atoms with van der Waals surface area (Å²) in [7, 11) is -3.42. The Kier molecular flexibility index (Phi) is 4.23. The average molecular weight is 374 g/mol. The minimum Gasteiger partial charge on any atom is -0.353 e. The van der Waals surface area contributed by atoms with Crippen molar-refractivity contribution in [2.45, 2.75) is 11.8 Å². The molecule has 1 aliphatic heterocycles. The molecule has 1 saturated heterocycles. The molecule has 3 aromatic rings. The topological polar surface area (TPSA) is 53.5 Å². The van der Waals surface area contributed by atoms with Crippen molar-refractivity contribution in [3.05, 3.63) is 54.1 Å². The van der Waals surface area contributed by atoms with Crippen molar-refractivity contribution < 1.29 is 8.42 Å². The molecule has 0 bridgehead atoms. The number of anilines is 1. The SMILES string of the molecule is Cc1ccc(S(=O)(=O)N2CCN(c3nsc4ccccc34)CC2)cc1. The lowest BCUT2D eigenvalue weighted by molar-refractivity contribution is 0.384. The Labute approximate surface area is 151 Å². The third-order valence-corrected chi connectivity index (χ3v) is 7.29. The van der Waals surface area contributed by atoms with Gasteiger partial charge in [0.05, 0.1) is 9.60 Å². The standard InChI is InChI=1S/C18H19N3O2S2/c1-14-6-8-15(9-7-14)25(22,23)21-12-10-20(11-13-21)18-16-4-2-3-5-17(16)24-19-18/h2-9H,10-13H2,1H3. The molecule has 0 aliphatic carbocycles. The first-order valence-electron chi connectivity index (χ1n) is 8.22. The van der Waals surface area contributed by atoms with Crippen LogP contribution in [0.2, 0.25) is 0 Å². The quantitative estimate of drug-likeness (QED) is 0.708. The Morgan fingerprint density at radius 3 is 2.36 bits per heavy atom. The van der Waals surface area contributed by atoms with E-state index in [4.69, 9.17) is 0 Å². The summed E-state index contributed by atoms with van der Waals surface area (Å²) in [6.07, 6.45) is 0. The van der Waals surface area contributed by atoms with E-state index in [1.54, 1.807) is 16.4 Å². The number of sulfonamides is 1. The van der Waals surface area contributed by atoms with Crippen molar-refractivity contribution in [2.75, 3.05) is 31.1 Å². The monoisotopic (exact) mass is 373 g/mol. The average Bonchev–Trinajstić information content (AvgIpc) is 3.06. The van der Waals surface area contributed by atoms with Crippen molar-refractivity contribution >= 4 is 37.5 Å². The summed E-state index contributed by atoms with van der Waals surface area (Å²) < 4.78 is 32.9. The van der Waals surface area contributed by atoms with E-state index >= 15 is 0 Å². The van der Waals surface area contributed by atoms with Gasteiger partial charge in [-0.25, -0.2) is 8.42 Å². The molecule has 1 aliphatic rings. The predicted octanol–water partition coefficient (Wildman–Crippen LogP) is 3.12. The van der Waals surface area contributed by atoms with E-state index in [0.717, 1.165) is 21.5 Å². The Hall–Kier alpha value is -1.96. The fraction of sp³-hybridized carbons (Fsp3) is 0.278. The second-order valence-electron chi connectivity index (χ2n) is 6.21. The maximum absolute atomic E-state index is 12.8. The highest BCUT2D eigenvalue weighted by Crippen LogP contribution is 2.30. The number of piperazine rings is 1. The van der Waals surface area contributed by atoms with E-state index in [0.29, 0.717) is 31.1 Å². The van der Waals surface area contributed by atoms with Gasteiger partial charge in [0.25, 0.3) is 0 Å². The van der Waals surface area contributed by atoms with Gasteiger partial charge in [-0.05, 0) is 42.7 Å². The predicted molar refractivity (Wildman–Crippen MR) is 102 cm³/mol. The van der Waals surface area contributed by atoms with Gasteiger partial charge in [0.2, 0.25) is 10.0 Å². The van der Waals surface area contributed by atoms with Crippen LogP contribution in [0, 0.1) is 6.92 Å². The van der Waals surface area contributed by atoms with Gasteiger partial charge in [0.15, 0.2) is 0 Å². The number of nitrogens with zero attached hydrogens (tertiary/aromatic N) is 3. The molecule has 130 valence electrons. The summed E-state index contributed by atoms with van der Waals surface area (Å²) >= 11 is 1.49. The van der Waals surface area contributed by atoms with Gasteiger partial charge in [-0.1, -0.05) is 29.8 Å². The van der Waals surface area contributed by atoms with Crippen LogP contribution >= 0.6 is 11.5 Å². The van der Waals surface area contributed by atoms with Crippen molar-refractivity contribution in [1.82, 2.24) is 8.68 Å². The maximum atomic E-state index is 12.8. The molecule has 0 saturated carbocycles. The molecule has 2 aromatic carbocycles. The summed E-state index contributed by atoms with van der Waals surface area (Å²) in [6.45, 7) is 4.20. The van der Waals surface area contributed by atoms with E-state index in [1.807, 2.05) is 31.2 Å². The third-order valence-electron chi connectivity index (χ3n) is 4.56. The number of rotatable bonds is 3. The maximum Gasteiger partial charge on any atom is 0.243 e. The number of aryl methyl sites for hydroxylation is 1. The van der Waals surface area contributed by atoms with Crippen LogP contribution in [-0.4, -0.2) is 43.3 Å². The lowest BCUT2D eigenvalue weighted by Gasteiger charge is -2.34. The van der Waals surface area contributed by atoms with Crippen LogP contribution < -0.4 is 4.90 Å². The first-order chi connectivity index (χ1) is 12.1.